The zero-order chi connectivity index (χ0) is 14.7. The van der Waals surface area contributed by atoms with Gasteiger partial charge < -0.3 is 14.7 Å². The van der Waals surface area contributed by atoms with Crippen LogP contribution in [0.4, 0.5) is 10.1 Å². The first-order valence-electron chi connectivity index (χ1n) is 6.38. The summed E-state index contributed by atoms with van der Waals surface area (Å²) in [6.07, 6.45) is 0. The number of halogens is 1. The van der Waals surface area contributed by atoms with Gasteiger partial charge in [0.25, 0.3) is 0 Å². The van der Waals surface area contributed by atoms with Crippen molar-refractivity contribution in [2.24, 2.45) is 0 Å². The SMILES string of the molecule is COc1ccc(N(C)C(C)c2ccc(F)cc2O)cc1. The molecule has 0 saturated carbocycles. The number of hydrogen-bond donors (Lipinski definition) is 1. The van der Waals surface area contributed by atoms with E-state index in [1.165, 1.54) is 6.07 Å². The van der Waals surface area contributed by atoms with Gasteiger partial charge in [0.05, 0.1) is 13.2 Å². The number of methoxy groups -OCH3 is 1. The highest BCUT2D eigenvalue weighted by atomic mass is 19.1. The van der Waals surface area contributed by atoms with Gasteiger partial charge in [-0.2, -0.15) is 0 Å². The lowest BCUT2D eigenvalue weighted by atomic mass is 10.1. The number of rotatable bonds is 4. The van der Waals surface area contributed by atoms with Gasteiger partial charge in [0, 0.05) is 24.4 Å². The molecule has 20 heavy (non-hydrogen) atoms. The van der Waals surface area contributed by atoms with E-state index in [9.17, 15) is 9.50 Å². The van der Waals surface area contributed by atoms with Crippen molar-refractivity contribution in [3.8, 4) is 11.5 Å². The van der Waals surface area contributed by atoms with Crippen LogP contribution in [0.2, 0.25) is 0 Å². The number of nitrogens with zero attached hydrogens (tertiary/aromatic N) is 1. The van der Waals surface area contributed by atoms with Crippen molar-refractivity contribution >= 4 is 5.69 Å². The smallest absolute Gasteiger partial charge is 0.126 e. The third-order valence-corrected chi connectivity index (χ3v) is 3.50. The Morgan fingerprint density at radius 2 is 1.80 bits per heavy atom. The summed E-state index contributed by atoms with van der Waals surface area (Å²) in [7, 11) is 3.55. The van der Waals surface area contributed by atoms with E-state index in [-0.39, 0.29) is 11.8 Å². The lowest BCUT2D eigenvalue weighted by molar-refractivity contribution is 0.414. The second-order valence-electron chi connectivity index (χ2n) is 4.69. The van der Waals surface area contributed by atoms with E-state index in [0.717, 1.165) is 17.5 Å². The van der Waals surface area contributed by atoms with Crippen molar-refractivity contribution in [1.29, 1.82) is 0 Å². The van der Waals surface area contributed by atoms with Crippen molar-refractivity contribution in [1.82, 2.24) is 0 Å². The van der Waals surface area contributed by atoms with E-state index in [4.69, 9.17) is 4.74 Å². The van der Waals surface area contributed by atoms with Gasteiger partial charge in [0.15, 0.2) is 0 Å². The first-order valence-corrected chi connectivity index (χ1v) is 6.38. The van der Waals surface area contributed by atoms with Crippen LogP contribution in [-0.4, -0.2) is 19.3 Å². The highest BCUT2D eigenvalue weighted by Gasteiger charge is 2.16. The van der Waals surface area contributed by atoms with Crippen molar-refractivity contribution in [3.05, 3.63) is 53.8 Å². The summed E-state index contributed by atoms with van der Waals surface area (Å²) in [6.45, 7) is 1.96. The lowest BCUT2D eigenvalue weighted by Gasteiger charge is -2.28. The van der Waals surface area contributed by atoms with Crippen molar-refractivity contribution in [3.63, 3.8) is 0 Å². The minimum atomic E-state index is -0.439. The van der Waals surface area contributed by atoms with Crippen LogP contribution in [0.1, 0.15) is 18.5 Å². The molecule has 106 valence electrons. The van der Waals surface area contributed by atoms with Gasteiger partial charge in [0.1, 0.15) is 17.3 Å². The molecular weight excluding hydrogens is 257 g/mol. The van der Waals surface area contributed by atoms with Crippen LogP contribution in [0, 0.1) is 5.82 Å². The standard InChI is InChI=1S/C16H18FNO2/c1-11(15-9-4-12(17)10-16(15)19)18(2)13-5-7-14(20-3)8-6-13/h4-11,19H,1-3H3. The Morgan fingerprint density at radius 1 is 1.15 bits per heavy atom. The lowest BCUT2D eigenvalue weighted by Crippen LogP contribution is -2.21. The molecule has 1 unspecified atom stereocenters. The van der Waals surface area contributed by atoms with Crippen molar-refractivity contribution < 1.29 is 14.2 Å². The molecule has 0 saturated heterocycles. The summed E-state index contributed by atoms with van der Waals surface area (Å²) in [5.74, 6) is 0.322. The van der Waals surface area contributed by atoms with Crippen LogP contribution >= 0.6 is 0 Å². The molecule has 0 aliphatic carbocycles. The molecule has 0 aromatic heterocycles. The van der Waals surface area contributed by atoms with Gasteiger partial charge in [-0.3, -0.25) is 0 Å². The molecule has 0 radical (unpaired) electrons. The van der Waals surface area contributed by atoms with Crippen LogP contribution in [-0.2, 0) is 0 Å². The second kappa shape index (κ2) is 5.82. The maximum atomic E-state index is 13.0. The largest absolute Gasteiger partial charge is 0.507 e. The molecule has 0 aliphatic rings. The Bertz CT molecular complexity index is 584. The summed E-state index contributed by atoms with van der Waals surface area (Å²) in [6, 6.07) is 11.7. The molecule has 1 N–H and O–H groups in total. The molecule has 0 aliphatic heterocycles. The van der Waals surface area contributed by atoms with Crippen LogP contribution in [0.5, 0.6) is 11.5 Å². The zero-order valence-electron chi connectivity index (χ0n) is 11.8. The van der Waals surface area contributed by atoms with Gasteiger partial charge in [-0.05, 0) is 37.3 Å². The number of hydrogen-bond acceptors (Lipinski definition) is 3. The fraction of sp³-hybridized carbons (Fsp3) is 0.250. The summed E-state index contributed by atoms with van der Waals surface area (Å²) in [4.78, 5) is 2.01. The van der Waals surface area contributed by atoms with Crippen LogP contribution < -0.4 is 9.64 Å². The number of benzene rings is 2. The van der Waals surface area contributed by atoms with E-state index in [1.54, 1.807) is 13.2 Å². The van der Waals surface area contributed by atoms with Crippen molar-refractivity contribution in [2.75, 3.05) is 19.1 Å². The first kappa shape index (κ1) is 14.2. The molecule has 0 bridgehead atoms. The normalized spacial score (nSPS) is 12.0. The summed E-state index contributed by atoms with van der Waals surface area (Å²) in [5, 5.41) is 9.85. The fourth-order valence-corrected chi connectivity index (χ4v) is 2.12. The van der Waals surface area contributed by atoms with Crippen LogP contribution in [0.3, 0.4) is 0 Å². The number of phenols is 1. The zero-order valence-corrected chi connectivity index (χ0v) is 11.8. The number of anilines is 1. The molecule has 2 aromatic carbocycles. The summed E-state index contributed by atoms with van der Waals surface area (Å²) < 4.78 is 18.2. The molecule has 2 rings (SSSR count). The Balaban J connectivity index is 2.24. The van der Waals surface area contributed by atoms with Gasteiger partial charge in [-0.1, -0.05) is 6.07 Å². The molecule has 2 aromatic rings. The average Bonchev–Trinajstić information content (AvgIpc) is 2.46. The summed E-state index contributed by atoms with van der Waals surface area (Å²) >= 11 is 0. The summed E-state index contributed by atoms with van der Waals surface area (Å²) in [5.41, 5.74) is 1.67. The molecule has 0 amide bonds. The molecule has 3 nitrogen and oxygen atoms in total. The molecule has 0 fully saturated rings. The van der Waals surface area contributed by atoms with Gasteiger partial charge in [0.2, 0.25) is 0 Å². The molecule has 0 heterocycles. The number of aromatic hydroxyl groups is 1. The molecule has 4 heteroatoms. The predicted octanol–water partition coefficient (Wildman–Crippen LogP) is 3.74. The Morgan fingerprint density at radius 3 is 2.35 bits per heavy atom. The van der Waals surface area contributed by atoms with Crippen molar-refractivity contribution in [2.45, 2.75) is 13.0 Å². The van der Waals surface area contributed by atoms with Gasteiger partial charge in [-0.25, -0.2) is 4.39 Å². The van der Waals surface area contributed by atoms with E-state index in [2.05, 4.69) is 0 Å². The topological polar surface area (TPSA) is 32.7 Å². The maximum Gasteiger partial charge on any atom is 0.126 e. The minimum absolute atomic E-state index is 0.0298. The van der Waals surface area contributed by atoms with E-state index in [1.807, 2.05) is 43.1 Å². The Hall–Kier alpha value is -2.23. The number of ether oxygens (including phenoxy) is 1. The van der Waals surface area contributed by atoms with E-state index in [0.29, 0.717) is 5.56 Å². The third kappa shape index (κ3) is 2.85. The highest BCUT2D eigenvalue weighted by Crippen LogP contribution is 2.31. The van der Waals surface area contributed by atoms with E-state index >= 15 is 0 Å². The molecular formula is C16H18FNO2. The fourth-order valence-electron chi connectivity index (χ4n) is 2.12. The Kier molecular flexibility index (Phi) is 4.13. The Labute approximate surface area is 118 Å². The average molecular weight is 275 g/mol. The predicted molar refractivity (Wildman–Crippen MR) is 77.9 cm³/mol. The van der Waals surface area contributed by atoms with Gasteiger partial charge in [-0.15, -0.1) is 0 Å². The van der Waals surface area contributed by atoms with Crippen LogP contribution in [0.25, 0.3) is 0 Å². The van der Waals surface area contributed by atoms with Gasteiger partial charge >= 0.3 is 0 Å². The van der Waals surface area contributed by atoms with E-state index < -0.39 is 5.82 Å². The van der Waals surface area contributed by atoms with Crippen LogP contribution in [0.15, 0.2) is 42.5 Å². The first-order chi connectivity index (χ1) is 9.52. The third-order valence-electron chi connectivity index (χ3n) is 3.50. The molecule has 1 atom stereocenters. The second-order valence-corrected chi connectivity index (χ2v) is 4.69. The minimum Gasteiger partial charge on any atom is -0.507 e. The molecule has 0 spiro atoms. The monoisotopic (exact) mass is 275 g/mol. The number of phenolic OH excluding ortho intramolecular Hbond substituents is 1. The quantitative estimate of drug-likeness (QED) is 0.922. The maximum absolute atomic E-state index is 13.0. The highest BCUT2D eigenvalue weighted by molar-refractivity contribution is 5.51.